The zero-order valence-corrected chi connectivity index (χ0v) is 31.8. The fraction of sp³-hybridized carbons (Fsp3) is 0.149. The molecular weight excluding hydrogens is 768 g/mol. The SMILES string of the molecule is O=c1[nH]c(=O)n([C@@H]2O[C@H](COC(c3ccccc3)(c3ccccc3)c3ccccc3)[C@@H](O)[C@H]2OC(c2ccccc2)(c2ccccc2)c2ccccc2)cc1Br. The van der Waals surface area contributed by atoms with Crippen molar-refractivity contribution in [2.45, 2.75) is 35.7 Å². The lowest BCUT2D eigenvalue weighted by Crippen LogP contribution is -2.46. The van der Waals surface area contributed by atoms with Crippen LogP contribution in [-0.2, 0) is 25.4 Å². The van der Waals surface area contributed by atoms with Gasteiger partial charge in [0.1, 0.15) is 29.5 Å². The quantitative estimate of drug-likeness (QED) is 0.122. The number of ether oxygens (including phenoxy) is 3. The maximum absolute atomic E-state index is 13.6. The molecule has 0 spiro atoms. The molecule has 1 aliphatic rings. The van der Waals surface area contributed by atoms with Gasteiger partial charge in [0.15, 0.2) is 6.23 Å². The smallest absolute Gasteiger partial charge is 0.330 e. The molecule has 2 heterocycles. The van der Waals surface area contributed by atoms with E-state index in [1.54, 1.807) is 0 Å². The first-order valence-corrected chi connectivity index (χ1v) is 19.2. The van der Waals surface area contributed by atoms with Gasteiger partial charge in [-0.1, -0.05) is 182 Å². The molecule has 280 valence electrons. The maximum atomic E-state index is 13.6. The third kappa shape index (κ3) is 6.89. The van der Waals surface area contributed by atoms with Gasteiger partial charge in [0.25, 0.3) is 5.56 Å². The van der Waals surface area contributed by atoms with Crippen molar-refractivity contribution in [3.05, 3.63) is 247 Å². The van der Waals surface area contributed by atoms with Crippen LogP contribution in [0.5, 0.6) is 0 Å². The highest BCUT2D eigenvalue weighted by atomic mass is 79.9. The molecule has 8 nitrogen and oxygen atoms in total. The van der Waals surface area contributed by atoms with Crippen molar-refractivity contribution in [1.29, 1.82) is 0 Å². The van der Waals surface area contributed by atoms with Gasteiger partial charge in [-0.05, 0) is 49.3 Å². The van der Waals surface area contributed by atoms with Crippen LogP contribution < -0.4 is 11.2 Å². The van der Waals surface area contributed by atoms with Crippen molar-refractivity contribution in [1.82, 2.24) is 9.55 Å². The van der Waals surface area contributed by atoms with E-state index < -0.39 is 47.0 Å². The van der Waals surface area contributed by atoms with Gasteiger partial charge in [-0.15, -0.1) is 0 Å². The van der Waals surface area contributed by atoms with Crippen LogP contribution in [0.4, 0.5) is 0 Å². The number of H-pyrrole nitrogens is 1. The number of nitrogens with zero attached hydrogens (tertiary/aromatic N) is 1. The molecule has 8 rings (SSSR count). The summed E-state index contributed by atoms with van der Waals surface area (Å²) in [4.78, 5) is 28.6. The first-order chi connectivity index (χ1) is 27.4. The summed E-state index contributed by atoms with van der Waals surface area (Å²) < 4.78 is 22.6. The lowest BCUT2D eigenvalue weighted by Gasteiger charge is -2.40. The Morgan fingerprint density at radius 2 is 0.946 bits per heavy atom. The van der Waals surface area contributed by atoms with E-state index in [1.165, 1.54) is 10.8 Å². The fourth-order valence-electron chi connectivity index (χ4n) is 7.76. The van der Waals surface area contributed by atoms with Crippen molar-refractivity contribution < 1.29 is 19.3 Å². The van der Waals surface area contributed by atoms with Crippen LogP contribution in [0.1, 0.15) is 39.6 Å². The van der Waals surface area contributed by atoms with Gasteiger partial charge in [0.05, 0.1) is 11.1 Å². The number of aromatic amines is 1. The third-order valence-electron chi connectivity index (χ3n) is 10.4. The van der Waals surface area contributed by atoms with Gasteiger partial charge in [-0.3, -0.25) is 14.3 Å². The van der Waals surface area contributed by atoms with Crippen LogP contribution in [0.3, 0.4) is 0 Å². The first kappa shape index (κ1) is 37.3. The molecule has 1 aromatic heterocycles. The average molecular weight is 808 g/mol. The zero-order valence-electron chi connectivity index (χ0n) is 30.2. The Hall–Kier alpha value is -5.68. The minimum Gasteiger partial charge on any atom is -0.387 e. The largest absolute Gasteiger partial charge is 0.387 e. The molecule has 7 aromatic rings. The van der Waals surface area contributed by atoms with E-state index in [4.69, 9.17) is 14.2 Å². The van der Waals surface area contributed by atoms with Crippen molar-refractivity contribution >= 4 is 15.9 Å². The summed E-state index contributed by atoms with van der Waals surface area (Å²) >= 11 is 3.30. The highest BCUT2D eigenvalue weighted by Crippen LogP contribution is 2.46. The van der Waals surface area contributed by atoms with E-state index in [2.05, 4.69) is 20.9 Å². The van der Waals surface area contributed by atoms with Gasteiger partial charge < -0.3 is 19.3 Å². The summed E-state index contributed by atoms with van der Waals surface area (Å²) in [6, 6.07) is 59.1. The van der Waals surface area contributed by atoms with Crippen LogP contribution >= 0.6 is 15.9 Å². The minimum atomic E-state index is -1.33. The second-order valence-corrected chi connectivity index (χ2v) is 14.5. The molecule has 6 aromatic carbocycles. The number of hydrogen-bond acceptors (Lipinski definition) is 6. The average Bonchev–Trinajstić information content (AvgIpc) is 3.56. The first-order valence-electron chi connectivity index (χ1n) is 18.4. The summed E-state index contributed by atoms with van der Waals surface area (Å²) in [7, 11) is 0. The van der Waals surface area contributed by atoms with Crippen LogP contribution in [0, 0.1) is 0 Å². The Bertz CT molecular complexity index is 2270. The molecule has 0 radical (unpaired) electrons. The van der Waals surface area contributed by atoms with E-state index >= 15 is 0 Å². The van der Waals surface area contributed by atoms with E-state index in [0.29, 0.717) is 0 Å². The summed E-state index contributed by atoms with van der Waals surface area (Å²) in [5.74, 6) is 0. The summed E-state index contributed by atoms with van der Waals surface area (Å²) in [5, 5.41) is 12.6. The monoisotopic (exact) mass is 806 g/mol. The number of rotatable bonds is 12. The molecule has 4 atom stereocenters. The summed E-state index contributed by atoms with van der Waals surface area (Å²) in [5.41, 5.74) is 1.34. The Kier molecular flexibility index (Phi) is 10.8. The number of aromatic nitrogens is 2. The van der Waals surface area contributed by atoms with Gasteiger partial charge in [0.2, 0.25) is 0 Å². The summed E-state index contributed by atoms with van der Waals surface area (Å²) in [6.07, 6.45) is -3.32. The Labute approximate surface area is 332 Å². The van der Waals surface area contributed by atoms with Gasteiger partial charge in [-0.2, -0.15) is 0 Å². The highest BCUT2D eigenvalue weighted by Gasteiger charge is 2.52. The molecule has 1 fully saturated rings. The molecule has 56 heavy (non-hydrogen) atoms. The normalized spacial score (nSPS) is 18.5. The van der Waals surface area contributed by atoms with E-state index in [9.17, 15) is 14.7 Å². The molecule has 2 N–H and O–H groups in total. The molecule has 0 amide bonds. The molecule has 0 saturated carbocycles. The predicted octanol–water partition coefficient (Wildman–Crippen LogP) is 7.94. The number of aliphatic hydroxyl groups is 1. The summed E-state index contributed by atoms with van der Waals surface area (Å²) in [6.45, 7) is -0.107. The maximum Gasteiger partial charge on any atom is 0.330 e. The molecule has 0 bridgehead atoms. The number of nitrogens with one attached hydrogen (secondary N) is 1. The van der Waals surface area contributed by atoms with Crippen LogP contribution in [-0.4, -0.2) is 39.6 Å². The minimum absolute atomic E-state index is 0.107. The molecule has 1 aliphatic heterocycles. The van der Waals surface area contributed by atoms with Crippen molar-refractivity contribution in [3.63, 3.8) is 0 Å². The Balaban J connectivity index is 1.27. The van der Waals surface area contributed by atoms with E-state index in [0.717, 1.165) is 33.4 Å². The van der Waals surface area contributed by atoms with Crippen molar-refractivity contribution in [3.8, 4) is 0 Å². The van der Waals surface area contributed by atoms with Crippen LogP contribution in [0.25, 0.3) is 0 Å². The lowest BCUT2D eigenvalue weighted by molar-refractivity contribution is -0.125. The van der Waals surface area contributed by atoms with Crippen molar-refractivity contribution in [2.24, 2.45) is 0 Å². The number of halogens is 1. The van der Waals surface area contributed by atoms with E-state index in [1.807, 2.05) is 182 Å². The van der Waals surface area contributed by atoms with Gasteiger partial charge in [0, 0.05) is 6.20 Å². The second kappa shape index (κ2) is 16.2. The number of hydrogen-bond donors (Lipinski definition) is 2. The molecule has 0 unspecified atom stereocenters. The Morgan fingerprint density at radius 3 is 1.32 bits per heavy atom. The van der Waals surface area contributed by atoms with Gasteiger partial charge in [-0.25, -0.2) is 4.79 Å². The van der Waals surface area contributed by atoms with Crippen LogP contribution in [0.2, 0.25) is 0 Å². The molecule has 0 aliphatic carbocycles. The highest BCUT2D eigenvalue weighted by molar-refractivity contribution is 9.10. The lowest BCUT2D eigenvalue weighted by atomic mass is 9.79. The fourth-order valence-corrected chi connectivity index (χ4v) is 8.08. The predicted molar refractivity (Wildman–Crippen MR) is 218 cm³/mol. The zero-order chi connectivity index (χ0) is 38.5. The Morgan fingerprint density at radius 1 is 0.589 bits per heavy atom. The molecule has 1 saturated heterocycles. The molecule has 9 heteroatoms. The second-order valence-electron chi connectivity index (χ2n) is 13.7. The number of aliphatic hydroxyl groups excluding tert-OH is 1. The van der Waals surface area contributed by atoms with Crippen molar-refractivity contribution in [2.75, 3.05) is 6.61 Å². The van der Waals surface area contributed by atoms with E-state index in [-0.39, 0.29) is 11.1 Å². The van der Waals surface area contributed by atoms with Crippen LogP contribution in [0.15, 0.2) is 202 Å². The number of benzene rings is 6. The topological polar surface area (TPSA) is 103 Å². The standard InChI is InChI=1S/C47H39BrN2O6/c48-39-31-50(45(53)49-43(39)52)44-42(56-47(36-25-13-4-14-26-36,37-27-15-5-16-28-37)38-29-17-6-18-30-38)41(51)40(55-44)32-54-46(33-19-7-1-8-20-33,34-21-9-2-10-22-34)35-23-11-3-12-24-35/h1-31,40-42,44,51H,32H2,(H,49,52,53)/t40-,41-,42-,44-/m1/s1. The van der Waals surface area contributed by atoms with Gasteiger partial charge >= 0.3 is 5.69 Å². The third-order valence-corrected chi connectivity index (χ3v) is 10.9. The molecular formula is C47H39BrN2O6.